The number of rotatable bonds is 6. The molecule has 1 amide bonds. The molecule has 9 nitrogen and oxygen atoms in total. The molecule has 13 heteroatoms. The van der Waals surface area contributed by atoms with Crippen molar-refractivity contribution in [3.05, 3.63) is 40.4 Å². The summed E-state index contributed by atoms with van der Waals surface area (Å²) in [4.78, 5) is 29.8. The third-order valence-corrected chi connectivity index (χ3v) is 14.6. The zero-order valence-electron chi connectivity index (χ0n) is 28.9. The van der Waals surface area contributed by atoms with E-state index in [-0.39, 0.29) is 65.2 Å². The molecular weight excluding hydrogens is 704 g/mol. The molecule has 2 saturated carbocycles. The number of nitrogens with zero attached hydrogens (tertiary/aromatic N) is 6. The molecule has 0 bridgehead atoms. The third kappa shape index (κ3) is 4.94. The SMILES string of the molecule is N#Cc1c(N)sc2c(F)ccc(-c3c(Cl)cc4c(N5CCCCC6(CN(C(=O)C7CC78CC8)C6)C5)nc(OCC56CCCN5CCC6)nc4c3F)c12. The summed E-state index contributed by atoms with van der Waals surface area (Å²) in [6.45, 7) is 5.35. The van der Waals surface area contributed by atoms with Crippen LogP contribution in [-0.2, 0) is 4.79 Å². The van der Waals surface area contributed by atoms with E-state index in [4.69, 9.17) is 32.0 Å². The number of nitrogen functional groups attached to an aromatic ring is 1. The van der Waals surface area contributed by atoms with E-state index in [0.29, 0.717) is 42.2 Å². The van der Waals surface area contributed by atoms with Gasteiger partial charge in [-0.05, 0) is 94.0 Å². The fourth-order valence-electron chi connectivity index (χ4n) is 10.2. The van der Waals surface area contributed by atoms with Crippen LogP contribution < -0.4 is 15.4 Å². The monoisotopic (exact) mass is 743 g/mol. The van der Waals surface area contributed by atoms with E-state index in [1.807, 2.05) is 0 Å². The fourth-order valence-corrected chi connectivity index (χ4v) is 11.5. The van der Waals surface area contributed by atoms with Crippen LogP contribution in [-0.4, -0.2) is 77.1 Å². The molecule has 270 valence electrons. The van der Waals surface area contributed by atoms with E-state index < -0.39 is 11.6 Å². The summed E-state index contributed by atoms with van der Waals surface area (Å²) in [5.74, 6) is -0.146. The zero-order chi connectivity index (χ0) is 35.6. The van der Waals surface area contributed by atoms with Gasteiger partial charge in [-0.2, -0.15) is 15.2 Å². The maximum Gasteiger partial charge on any atom is 0.319 e. The molecule has 2 aromatic heterocycles. The lowest BCUT2D eigenvalue weighted by Gasteiger charge is -2.51. The van der Waals surface area contributed by atoms with Crippen LogP contribution in [0.1, 0.15) is 69.8 Å². The number of likely N-dealkylation sites (tertiary alicyclic amines) is 1. The average molecular weight is 744 g/mol. The Hall–Kier alpha value is -3.79. The number of ether oxygens (including phenoxy) is 1. The molecular formula is C39H40ClF2N7O2S. The van der Waals surface area contributed by atoms with Crippen LogP contribution in [0.4, 0.5) is 19.6 Å². The Morgan fingerprint density at radius 2 is 1.85 bits per heavy atom. The van der Waals surface area contributed by atoms with Crippen LogP contribution >= 0.6 is 22.9 Å². The second-order valence-corrected chi connectivity index (χ2v) is 17.9. The molecule has 4 aromatic rings. The minimum Gasteiger partial charge on any atom is -0.461 e. The Morgan fingerprint density at radius 3 is 2.58 bits per heavy atom. The summed E-state index contributed by atoms with van der Waals surface area (Å²) >= 11 is 7.94. The van der Waals surface area contributed by atoms with Gasteiger partial charge in [0.15, 0.2) is 5.82 Å². The number of carbonyl (C=O) groups excluding carboxylic acids is 1. The van der Waals surface area contributed by atoms with E-state index in [1.54, 1.807) is 6.07 Å². The van der Waals surface area contributed by atoms with Crippen LogP contribution in [0.2, 0.25) is 5.02 Å². The lowest BCUT2D eigenvalue weighted by atomic mass is 9.75. The lowest BCUT2D eigenvalue weighted by molar-refractivity contribution is -0.145. The van der Waals surface area contributed by atoms with Crippen molar-refractivity contribution in [2.24, 2.45) is 16.7 Å². The highest BCUT2D eigenvalue weighted by Gasteiger charge is 2.67. The first-order valence-corrected chi connectivity index (χ1v) is 19.9. The fraction of sp³-hybridized carbons (Fsp3) is 0.538. The Labute approximate surface area is 309 Å². The Bertz CT molecular complexity index is 2220. The molecule has 10 rings (SSSR count). The summed E-state index contributed by atoms with van der Waals surface area (Å²) in [7, 11) is 0. The minimum absolute atomic E-state index is 0.0226. The van der Waals surface area contributed by atoms with Gasteiger partial charge in [0.1, 0.15) is 34.8 Å². The van der Waals surface area contributed by atoms with Crippen molar-refractivity contribution in [1.82, 2.24) is 19.8 Å². The van der Waals surface area contributed by atoms with Crippen LogP contribution in [0.3, 0.4) is 0 Å². The van der Waals surface area contributed by atoms with E-state index in [0.717, 1.165) is 88.9 Å². The smallest absolute Gasteiger partial charge is 0.319 e. The summed E-state index contributed by atoms with van der Waals surface area (Å²) in [5, 5.41) is 10.9. The van der Waals surface area contributed by atoms with Crippen molar-refractivity contribution < 1.29 is 18.3 Å². The third-order valence-electron chi connectivity index (χ3n) is 13.3. The number of thiophene rings is 1. The number of aromatic nitrogens is 2. The van der Waals surface area contributed by atoms with E-state index in [9.17, 15) is 10.1 Å². The molecule has 1 atom stereocenters. The van der Waals surface area contributed by atoms with Crippen molar-refractivity contribution in [2.75, 3.05) is 56.5 Å². The molecule has 6 heterocycles. The molecule has 52 heavy (non-hydrogen) atoms. The molecule has 6 aliphatic rings. The first-order chi connectivity index (χ1) is 25.1. The number of amides is 1. The zero-order valence-corrected chi connectivity index (χ0v) is 30.5. The van der Waals surface area contributed by atoms with Gasteiger partial charge in [0, 0.05) is 53.8 Å². The molecule has 2 spiro atoms. The standard InChI is InChI=1S/C39H40ClF2N7O2S/c40-26-15-23-31(30(42)29(26)22-5-6-27(41)32-28(22)24(17-43)33(44)52-32)45-36(51-21-39-8-3-13-49(39)14-4-9-39)46-34(23)47-12-2-1-7-37(18-47)19-48(20-37)35(50)25-16-38(25)10-11-38/h5-6,15,25H,1-4,7-14,16,18-21,44H2. The average Bonchev–Trinajstić information content (AvgIpc) is 3.92. The predicted octanol–water partition coefficient (Wildman–Crippen LogP) is 7.52. The number of hydrogen-bond donors (Lipinski definition) is 1. The molecule has 4 aliphatic heterocycles. The normalized spacial score (nSPS) is 23.9. The van der Waals surface area contributed by atoms with Crippen LogP contribution in [0.5, 0.6) is 6.01 Å². The van der Waals surface area contributed by atoms with Gasteiger partial charge in [0.2, 0.25) is 5.91 Å². The predicted molar refractivity (Wildman–Crippen MR) is 198 cm³/mol. The molecule has 2 N–H and O–H groups in total. The quantitative estimate of drug-likeness (QED) is 0.216. The van der Waals surface area contributed by atoms with Crippen molar-refractivity contribution in [3.8, 4) is 23.2 Å². The highest BCUT2D eigenvalue weighted by atomic mass is 35.5. The van der Waals surface area contributed by atoms with Crippen LogP contribution in [0.15, 0.2) is 18.2 Å². The Kier molecular flexibility index (Phi) is 7.33. The van der Waals surface area contributed by atoms with E-state index in [1.165, 1.54) is 25.0 Å². The van der Waals surface area contributed by atoms with Crippen molar-refractivity contribution in [3.63, 3.8) is 0 Å². The maximum atomic E-state index is 17.3. The van der Waals surface area contributed by atoms with Gasteiger partial charge < -0.3 is 20.3 Å². The molecule has 2 aliphatic carbocycles. The minimum atomic E-state index is -0.692. The van der Waals surface area contributed by atoms with Gasteiger partial charge >= 0.3 is 6.01 Å². The van der Waals surface area contributed by atoms with Crippen molar-refractivity contribution in [2.45, 2.75) is 69.7 Å². The number of fused-ring (bicyclic) bond motifs is 3. The largest absolute Gasteiger partial charge is 0.461 e. The second kappa shape index (κ2) is 11.6. The first kappa shape index (κ1) is 32.8. The van der Waals surface area contributed by atoms with Crippen molar-refractivity contribution in [1.29, 1.82) is 5.26 Å². The van der Waals surface area contributed by atoms with Crippen LogP contribution in [0, 0.1) is 39.7 Å². The summed E-state index contributed by atoms with van der Waals surface area (Å²) in [6.07, 6.45) is 10.7. The lowest BCUT2D eigenvalue weighted by Crippen LogP contribution is -2.62. The number of nitriles is 1. The number of anilines is 2. The summed E-state index contributed by atoms with van der Waals surface area (Å²) < 4.78 is 38.9. The highest BCUT2D eigenvalue weighted by molar-refractivity contribution is 7.23. The van der Waals surface area contributed by atoms with Gasteiger partial charge in [0.25, 0.3) is 0 Å². The topological polar surface area (TPSA) is 112 Å². The number of hydrogen-bond acceptors (Lipinski definition) is 9. The molecule has 1 unspecified atom stereocenters. The number of nitrogens with two attached hydrogens (primary N) is 1. The van der Waals surface area contributed by atoms with E-state index in [2.05, 4.69) is 20.8 Å². The van der Waals surface area contributed by atoms with Gasteiger partial charge in [-0.1, -0.05) is 24.1 Å². The summed E-state index contributed by atoms with van der Waals surface area (Å²) in [5.41, 5.74) is 6.76. The van der Waals surface area contributed by atoms with Crippen LogP contribution in [0.25, 0.3) is 32.1 Å². The number of carbonyl (C=O) groups is 1. The van der Waals surface area contributed by atoms with Gasteiger partial charge in [-0.3, -0.25) is 9.69 Å². The molecule has 6 fully saturated rings. The van der Waals surface area contributed by atoms with E-state index >= 15 is 8.78 Å². The van der Waals surface area contributed by atoms with Gasteiger partial charge in [0.05, 0.1) is 20.8 Å². The Morgan fingerprint density at radius 1 is 1.06 bits per heavy atom. The molecule has 4 saturated heterocycles. The van der Waals surface area contributed by atoms with Crippen molar-refractivity contribution >= 4 is 60.7 Å². The molecule has 2 aromatic carbocycles. The summed E-state index contributed by atoms with van der Waals surface area (Å²) in [6, 6.07) is 6.57. The number of halogens is 3. The number of benzene rings is 2. The second-order valence-electron chi connectivity index (χ2n) is 16.4. The highest BCUT2D eigenvalue weighted by Crippen LogP contribution is 2.71. The first-order valence-electron chi connectivity index (χ1n) is 18.7. The maximum absolute atomic E-state index is 17.3. The Balaban J connectivity index is 1.06. The molecule has 0 radical (unpaired) electrons. The van der Waals surface area contributed by atoms with Gasteiger partial charge in [-0.15, -0.1) is 11.3 Å². The van der Waals surface area contributed by atoms with Gasteiger partial charge in [-0.25, -0.2) is 8.78 Å².